The summed E-state index contributed by atoms with van der Waals surface area (Å²) in [4.78, 5) is 10.3. The number of nitrogens with two attached hydrogens (primary N) is 1. The lowest BCUT2D eigenvalue weighted by molar-refractivity contribution is -0.383. The Balaban J connectivity index is 2.00. The molecule has 1 aromatic rings. The first-order valence-corrected chi connectivity index (χ1v) is 6.86. The van der Waals surface area contributed by atoms with Crippen LogP contribution >= 0.6 is 11.8 Å². The summed E-state index contributed by atoms with van der Waals surface area (Å²) in [6.07, 6.45) is 5.20. The van der Waals surface area contributed by atoms with Crippen molar-refractivity contribution in [2.24, 2.45) is 0 Å². The predicted octanol–water partition coefficient (Wildman–Crippen LogP) is 3.35. The minimum atomic E-state index is -0.418. The third-order valence-corrected chi connectivity index (χ3v) is 4.52. The van der Waals surface area contributed by atoms with Gasteiger partial charge in [-0.25, -0.2) is 0 Å². The van der Waals surface area contributed by atoms with E-state index in [9.17, 15) is 10.1 Å². The van der Waals surface area contributed by atoms with Crippen molar-refractivity contribution in [2.75, 3.05) is 5.73 Å². The number of hydrogen-bond acceptors (Lipinski definition) is 4. The highest BCUT2D eigenvalue weighted by molar-refractivity contribution is 7.99. The van der Waals surface area contributed by atoms with Crippen LogP contribution in [0.3, 0.4) is 0 Å². The number of hydrogen-bond donors (Lipinski definition) is 1. The number of thioether (sulfide) groups is 1. The van der Waals surface area contributed by atoms with Gasteiger partial charge in [0.1, 0.15) is 5.69 Å². The quantitative estimate of drug-likeness (QED) is 0.507. The van der Waals surface area contributed by atoms with Gasteiger partial charge in [0.15, 0.2) is 0 Å². The van der Waals surface area contributed by atoms with Gasteiger partial charge < -0.3 is 5.73 Å². The van der Waals surface area contributed by atoms with E-state index in [1.807, 2.05) is 17.8 Å². The summed E-state index contributed by atoms with van der Waals surface area (Å²) in [6, 6.07) is 5.10. The van der Waals surface area contributed by atoms with Crippen molar-refractivity contribution in [1.82, 2.24) is 0 Å². The third kappa shape index (κ3) is 3.12. The van der Waals surface area contributed by atoms with Crippen molar-refractivity contribution in [2.45, 2.75) is 36.7 Å². The molecule has 0 bridgehead atoms. The van der Waals surface area contributed by atoms with Crippen LogP contribution in [0.2, 0.25) is 0 Å². The lowest BCUT2D eigenvalue weighted by Gasteiger charge is -2.08. The molecule has 1 saturated carbocycles. The molecule has 0 amide bonds. The predicted molar refractivity (Wildman–Crippen MR) is 71.1 cm³/mol. The van der Waals surface area contributed by atoms with Gasteiger partial charge in [0, 0.05) is 17.1 Å². The Hall–Kier alpha value is -1.23. The van der Waals surface area contributed by atoms with E-state index in [0.717, 1.165) is 16.6 Å². The lowest BCUT2D eigenvalue weighted by atomic mass is 10.2. The zero-order valence-corrected chi connectivity index (χ0v) is 10.4. The van der Waals surface area contributed by atoms with Crippen molar-refractivity contribution in [3.8, 4) is 0 Å². The van der Waals surface area contributed by atoms with E-state index < -0.39 is 4.92 Å². The summed E-state index contributed by atoms with van der Waals surface area (Å²) in [5.41, 5.74) is 6.81. The Labute approximate surface area is 105 Å². The maximum absolute atomic E-state index is 10.8. The maximum Gasteiger partial charge on any atom is 0.292 e. The fourth-order valence-corrected chi connectivity index (χ4v) is 3.38. The molecule has 0 radical (unpaired) electrons. The molecular formula is C12H16N2O2S. The maximum atomic E-state index is 10.8. The summed E-state index contributed by atoms with van der Waals surface area (Å²) in [6.45, 7) is 0. The van der Waals surface area contributed by atoms with Gasteiger partial charge >= 0.3 is 0 Å². The summed E-state index contributed by atoms with van der Waals surface area (Å²) < 4.78 is 0. The number of benzene rings is 1. The molecule has 0 saturated heterocycles. The van der Waals surface area contributed by atoms with E-state index in [1.54, 1.807) is 12.1 Å². The van der Waals surface area contributed by atoms with Gasteiger partial charge in [0.25, 0.3) is 5.69 Å². The highest BCUT2D eigenvalue weighted by Gasteiger charge is 2.16. The van der Waals surface area contributed by atoms with E-state index in [2.05, 4.69) is 0 Å². The van der Waals surface area contributed by atoms with E-state index in [0.29, 0.717) is 0 Å². The van der Waals surface area contributed by atoms with Crippen LogP contribution < -0.4 is 5.73 Å². The van der Waals surface area contributed by atoms with Crippen molar-refractivity contribution >= 4 is 23.1 Å². The van der Waals surface area contributed by atoms with Crippen LogP contribution in [0.4, 0.5) is 11.4 Å². The zero-order chi connectivity index (χ0) is 12.3. The van der Waals surface area contributed by atoms with Crippen LogP contribution in [0.5, 0.6) is 0 Å². The van der Waals surface area contributed by atoms with E-state index in [4.69, 9.17) is 5.73 Å². The number of nitro groups is 1. The molecule has 2 N–H and O–H groups in total. The van der Waals surface area contributed by atoms with Crippen LogP contribution in [0, 0.1) is 10.1 Å². The van der Waals surface area contributed by atoms with E-state index in [1.165, 1.54) is 25.7 Å². The molecule has 92 valence electrons. The first-order valence-electron chi connectivity index (χ1n) is 5.81. The molecule has 1 aliphatic carbocycles. The minimum absolute atomic E-state index is 0.0227. The molecule has 1 aromatic carbocycles. The Morgan fingerprint density at radius 3 is 2.76 bits per heavy atom. The molecular weight excluding hydrogens is 236 g/mol. The molecule has 5 heteroatoms. The largest absolute Gasteiger partial charge is 0.393 e. The monoisotopic (exact) mass is 252 g/mol. The highest BCUT2D eigenvalue weighted by Crippen LogP contribution is 2.32. The van der Waals surface area contributed by atoms with Gasteiger partial charge in [-0.15, -0.1) is 0 Å². The highest BCUT2D eigenvalue weighted by atomic mass is 32.2. The van der Waals surface area contributed by atoms with Gasteiger partial charge in [0.2, 0.25) is 0 Å². The second-order valence-corrected chi connectivity index (χ2v) is 5.66. The summed E-state index contributed by atoms with van der Waals surface area (Å²) in [5, 5.41) is 11.5. The molecule has 0 unspecified atom stereocenters. The van der Waals surface area contributed by atoms with Crippen LogP contribution in [0.25, 0.3) is 0 Å². The summed E-state index contributed by atoms with van der Waals surface area (Å²) >= 11 is 1.90. The van der Waals surface area contributed by atoms with Crippen LogP contribution in [-0.2, 0) is 5.75 Å². The number of nitrogens with zero attached hydrogens (tertiary/aromatic N) is 1. The fourth-order valence-electron chi connectivity index (χ4n) is 2.11. The summed E-state index contributed by atoms with van der Waals surface area (Å²) in [7, 11) is 0. The molecule has 4 nitrogen and oxygen atoms in total. The van der Waals surface area contributed by atoms with Crippen LogP contribution in [0.1, 0.15) is 31.2 Å². The molecule has 17 heavy (non-hydrogen) atoms. The Morgan fingerprint density at radius 2 is 2.12 bits per heavy atom. The summed E-state index contributed by atoms with van der Waals surface area (Å²) in [5.74, 6) is 0.839. The molecule has 0 aliphatic heterocycles. The lowest BCUT2D eigenvalue weighted by Crippen LogP contribution is -1.98. The molecule has 1 fully saturated rings. The van der Waals surface area contributed by atoms with Gasteiger partial charge in [0.05, 0.1) is 4.92 Å². The van der Waals surface area contributed by atoms with Crippen LogP contribution in [0.15, 0.2) is 18.2 Å². The molecule has 1 aliphatic rings. The van der Waals surface area contributed by atoms with Gasteiger partial charge in [-0.05, 0) is 24.5 Å². The topological polar surface area (TPSA) is 69.2 Å². The normalized spacial score (nSPS) is 16.2. The molecule has 0 spiro atoms. The number of nitrogen functional groups attached to an aromatic ring is 1. The smallest absolute Gasteiger partial charge is 0.292 e. The third-order valence-electron chi connectivity index (χ3n) is 3.08. The second-order valence-electron chi connectivity index (χ2n) is 4.37. The minimum Gasteiger partial charge on any atom is -0.393 e. The SMILES string of the molecule is Nc1ccc(CSC2CCCC2)cc1[N+](=O)[O-]. The average Bonchev–Trinajstić information content (AvgIpc) is 2.80. The van der Waals surface area contributed by atoms with Crippen LogP contribution in [-0.4, -0.2) is 10.2 Å². The Bertz CT molecular complexity index is 417. The Morgan fingerprint density at radius 1 is 1.41 bits per heavy atom. The van der Waals surface area contributed by atoms with Gasteiger partial charge in [-0.2, -0.15) is 11.8 Å². The average molecular weight is 252 g/mol. The Kier molecular flexibility index (Phi) is 3.89. The molecule has 0 heterocycles. The molecule has 0 aromatic heterocycles. The van der Waals surface area contributed by atoms with E-state index >= 15 is 0 Å². The molecule has 2 rings (SSSR count). The zero-order valence-electron chi connectivity index (χ0n) is 9.59. The van der Waals surface area contributed by atoms with Gasteiger partial charge in [-0.3, -0.25) is 10.1 Å². The first kappa shape index (κ1) is 12.2. The van der Waals surface area contributed by atoms with Crippen molar-refractivity contribution in [3.05, 3.63) is 33.9 Å². The first-order chi connectivity index (χ1) is 8.16. The second kappa shape index (κ2) is 5.40. The van der Waals surface area contributed by atoms with Gasteiger partial charge in [-0.1, -0.05) is 18.9 Å². The van der Waals surface area contributed by atoms with E-state index in [-0.39, 0.29) is 11.4 Å². The van der Waals surface area contributed by atoms with Crippen molar-refractivity contribution in [3.63, 3.8) is 0 Å². The van der Waals surface area contributed by atoms with Crippen molar-refractivity contribution < 1.29 is 4.92 Å². The standard InChI is InChI=1S/C12H16N2O2S/c13-11-6-5-9(7-12(11)14(15)16)8-17-10-3-1-2-4-10/h5-7,10H,1-4,8,13H2. The number of anilines is 1. The molecule has 0 atom stereocenters. The fraction of sp³-hybridized carbons (Fsp3) is 0.500. The number of nitro benzene ring substituents is 1. The number of rotatable bonds is 4. The van der Waals surface area contributed by atoms with Crippen molar-refractivity contribution in [1.29, 1.82) is 0 Å².